The summed E-state index contributed by atoms with van der Waals surface area (Å²) in [6.45, 7) is 14.3. The van der Waals surface area contributed by atoms with Crippen molar-refractivity contribution in [3.8, 4) is 0 Å². The minimum atomic E-state index is 0.633. The maximum absolute atomic E-state index is 2.57. The molecule has 1 aliphatic heterocycles. The zero-order chi connectivity index (χ0) is 10.1. The summed E-state index contributed by atoms with van der Waals surface area (Å²) in [5.74, 6) is 0.866. The van der Waals surface area contributed by atoms with Crippen molar-refractivity contribution in [1.29, 1.82) is 0 Å². The fraction of sp³-hybridized carbons (Fsp3) is 1.00. The SMILES string of the molecule is CC(C)CCC1(C)CN(C(C)C)C1. The molecule has 1 rings (SSSR count). The first-order valence-electron chi connectivity index (χ1n) is 5.67. The van der Waals surface area contributed by atoms with Gasteiger partial charge in [0.25, 0.3) is 0 Å². The van der Waals surface area contributed by atoms with Gasteiger partial charge >= 0.3 is 0 Å². The Hall–Kier alpha value is -0.0400. The van der Waals surface area contributed by atoms with Crippen LogP contribution >= 0.6 is 0 Å². The summed E-state index contributed by atoms with van der Waals surface area (Å²) in [7, 11) is 0. The third-order valence-corrected chi connectivity index (χ3v) is 3.23. The molecule has 0 amide bonds. The molecule has 1 aliphatic rings. The monoisotopic (exact) mass is 183 g/mol. The van der Waals surface area contributed by atoms with Gasteiger partial charge in [0, 0.05) is 19.1 Å². The van der Waals surface area contributed by atoms with E-state index in [1.165, 1.54) is 25.9 Å². The van der Waals surface area contributed by atoms with Gasteiger partial charge in [-0.3, -0.25) is 4.90 Å². The van der Waals surface area contributed by atoms with E-state index in [-0.39, 0.29) is 0 Å². The molecule has 78 valence electrons. The molecule has 13 heavy (non-hydrogen) atoms. The molecule has 0 N–H and O–H groups in total. The first kappa shape index (κ1) is 11.0. The number of nitrogens with zero attached hydrogens (tertiary/aromatic N) is 1. The van der Waals surface area contributed by atoms with Gasteiger partial charge < -0.3 is 0 Å². The number of rotatable bonds is 4. The lowest BCUT2D eigenvalue weighted by Crippen LogP contribution is -2.57. The van der Waals surface area contributed by atoms with Crippen molar-refractivity contribution in [2.45, 2.75) is 53.5 Å². The van der Waals surface area contributed by atoms with Gasteiger partial charge in [-0.1, -0.05) is 27.2 Å². The first-order valence-corrected chi connectivity index (χ1v) is 5.67. The van der Waals surface area contributed by atoms with Crippen molar-refractivity contribution in [1.82, 2.24) is 4.90 Å². The zero-order valence-corrected chi connectivity index (χ0v) is 9.93. The van der Waals surface area contributed by atoms with Gasteiger partial charge in [0.15, 0.2) is 0 Å². The predicted octanol–water partition coefficient (Wildman–Crippen LogP) is 3.15. The Bertz CT molecular complexity index is 149. The van der Waals surface area contributed by atoms with Gasteiger partial charge in [0.1, 0.15) is 0 Å². The molecule has 0 atom stereocenters. The highest BCUT2D eigenvalue weighted by atomic mass is 15.2. The van der Waals surface area contributed by atoms with Crippen molar-refractivity contribution in [2.75, 3.05) is 13.1 Å². The van der Waals surface area contributed by atoms with Gasteiger partial charge in [0.2, 0.25) is 0 Å². The fourth-order valence-corrected chi connectivity index (χ4v) is 2.09. The Balaban J connectivity index is 2.22. The molecular formula is C12H25N. The molecular weight excluding hydrogens is 158 g/mol. The van der Waals surface area contributed by atoms with Crippen LogP contribution in [0.25, 0.3) is 0 Å². The molecule has 0 aromatic carbocycles. The van der Waals surface area contributed by atoms with Crippen molar-refractivity contribution < 1.29 is 0 Å². The van der Waals surface area contributed by atoms with Crippen LogP contribution in [0, 0.1) is 11.3 Å². The van der Waals surface area contributed by atoms with E-state index in [1.807, 2.05) is 0 Å². The average Bonchev–Trinajstić information content (AvgIpc) is 1.95. The summed E-state index contributed by atoms with van der Waals surface area (Å²) in [6, 6.07) is 0.743. The summed E-state index contributed by atoms with van der Waals surface area (Å²) in [5, 5.41) is 0. The molecule has 0 aromatic heterocycles. The van der Waals surface area contributed by atoms with E-state index in [4.69, 9.17) is 0 Å². The maximum atomic E-state index is 2.57. The van der Waals surface area contributed by atoms with E-state index in [2.05, 4.69) is 39.5 Å². The number of hydrogen-bond donors (Lipinski definition) is 0. The second-order valence-corrected chi connectivity index (χ2v) is 5.74. The molecule has 0 radical (unpaired) electrons. The van der Waals surface area contributed by atoms with E-state index in [0.717, 1.165) is 12.0 Å². The van der Waals surface area contributed by atoms with E-state index < -0.39 is 0 Å². The third-order valence-electron chi connectivity index (χ3n) is 3.23. The van der Waals surface area contributed by atoms with E-state index in [1.54, 1.807) is 0 Å². The molecule has 0 aromatic rings. The standard InChI is InChI=1S/C12H25N/c1-10(2)6-7-12(5)8-13(9-12)11(3)4/h10-11H,6-9H2,1-5H3. The summed E-state index contributed by atoms with van der Waals surface area (Å²) >= 11 is 0. The van der Waals surface area contributed by atoms with Gasteiger partial charge in [-0.25, -0.2) is 0 Å². The van der Waals surface area contributed by atoms with Gasteiger partial charge in [-0.15, -0.1) is 0 Å². The largest absolute Gasteiger partial charge is 0.300 e. The molecule has 1 fully saturated rings. The quantitative estimate of drug-likeness (QED) is 0.647. The van der Waals surface area contributed by atoms with Crippen LogP contribution in [-0.2, 0) is 0 Å². The molecule has 0 spiro atoms. The van der Waals surface area contributed by atoms with Crippen molar-refractivity contribution in [3.63, 3.8) is 0 Å². The van der Waals surface area contributed by atoms with E-state index in [0.29, 0.717) is 5.41 Å². The van der Waals surface area contributed by atoms with Crippen LogP contribution in [0.1, 0.15) is 47.5 Å². The first-order chi connectivity index (χ1) is 5.93. The Morgan fingerprint density at radius 3 is 2.08 bits per heavy atom. The Labute approximate surface area is 83.5 Å². The average molecular weight is 183 g/mol. The lowest BCUT2D eigenvalue weighted by atomic mass is 9.76. The highest BCUT2D eigenvalue weighted by Gasteiger charge is 2.38. The minimum absolute atomic E-state index is 0.633. The van der Waals surface area contributed by atoms with Crippen molar-refractivity contribution >= 4 is 0 Å². The Kier molecular flexibility index (Phi) is 3.39. The van der Waals surface area contributed by atoms with Crippen LogP contribution in [-0.4, -0.2) is 24.0 Å². The van der Waals surface area contributed by atoms with Gasteiger partial charge in [0.05, 0.1) is 0 Å². The minimum Gasteiger partial charge on any atom is -0.300 e. The second-order valence-electron chi connectivity index (χ2n) is 5.74. The molecule has 1 heteroatoms. The third kappa shape index (κ3) is 2.98. The molecule has 0 saturated carbocycles. The van der Waals surface area contributed by atoms with Crippen molar-refractivity contribution in [2.24, 2.45) is 11.3 Å². The Morgan fingerprint density at radius 1 is 1.15 bits per heavy atom. The maximum Gasteiger partial charge on any atom is 0.00505 e. The van der Waals surface area contributed by atoms with Crippen LogP contribution in [0.15, 0.2) is 0 Å². The normalized spacial score (nSPS) is 22.4. The molecule has 1 heterocycles. The number of likely N-dealkylation sites (tertiary alicyclic amines) is 1. The summed E-state index contributed by atoms with van der Waals surface area (Å²) in [5.41, 5.74) is 0.633. The van der Waals surface area contributed by atoms with Crippen LogP contribution < -0.4 is 0 Å². The highest BCUT2D eigenvalue weighted by molar-refractivity contribution is 4.92. The Morgan fingerprint density at radius 2 is 1.69 bits per heavy atom. The molecule has 0 unspecified atom stereocenters. The number of hydrogen-bond acceptors (Lipinski definition) is 1. The summed E-state index contributed by atoms with van der Waals surface area (Å²) in [6.07, 6.45) is 2.80. The summed E-state index contributed by atoms with van der Waals surface area (Å²) < 4.78 is 0. The molecule has 1 saturated heterocycles. The van der Waals surface area contributed by atoms with Gasteiger partial charge in [-0.2, -0.15) is 0 Å². The van der Waals surface area contributed by atoms with Crippen LogP contribution in [0.5, 0.6) is 0 Å². The topological polar surface area (TPSA) is 3.24 Å². The van der Waals surface area contributed by atoms with Crippen LogP contribution in [0.2, 0.25) is 0 Å². The lowest BCUT2D eigenvalue weighted by Gasteiger charge is -2.50. The van der Waals surface area contributed by atoms with Crippen LogP contribution in [0.3, 0.4) is 0 Å². The smallest absolute Gasteiger partial charge is 0.00505 e. The lowest BCUT2D eigenvalue weighted by molar-refractivity contribution is -0.0172. The van der Waals surface area contributed by atoms with Crippen molar-refractivity contribution in [3.05, 3.63) is 0 Å². The van der Waals surface area contributed by atoms with Gasteiger partial charge in [-0.05, 0) is 31.6 Å². The predicted molar refractivity (Wildman–Crippen MR) is 58.9 cm³/mol. The zero-order valence-electron chi connectivity index (χ0n) is 9.93. The molecule has 1 nitrogen and oxygen atoms in total. The summed E-state index contributed by atoms with van der Waals surface area (Å²) in [4.78, 5) is 2.57. The highest BCUT2D eigenvalue weighted by Crippen LogP contribution is 2.36. The van der Waals surface area contributed by atoms with E-state index in [9.17, 15) is 0 Å². The van der Waals surface area contributed by atoms with E-state index >= 15 is 0 Å². The van der Waals surface area contributed by atoms with Crippen LogP contribution in [0.4, 0.5) is 0 Å². The molecule has 0 aliphatic carbocycles. The fourth-order valence-electron chi connectivity index (χ4n) is 2.09. The second kappa shape index (κ2) is 4.00. The molecule has 0 bridgehead atoms.